The Kier molecular flexibility index (Phi) is 6.11. The number of nitrogens with two attached hydrogens (primary N) is 1. The number of nitrogen functional groups attached to an aromatic ring is 1. The number of nitrogens with one attached hydrogen (secondary N) is 1. The lowest BCUT2D eigenvalue weighted by molar-refractivity contribution is 0.0980. The number of carbonyl (C=O) groups excluding carboxylic acids is 2. The van der Waals surface area contributed by atoms with Gasteiger partial charge >= 0.3 is 0 Å². The molecule has 4 N–H and O–H groups in total. The first-order valence-corrected chi connectivity index (χ1v) is 11.3. The van der Waals surface area contributed by atoms with Gasteiger partial charge in [0.2, 0.25) is 0 Å². The molecule has 0 saturated carbocycles. The van der Waals surface area contributed by atoms with Gasteiger partial charge < -0.3 is 16.2 Å². The standard InChI is InChI=1S/C25H24N2O3S/c1-2-13-31-20-14-19(27-16-9-7-15(8-10-16)11-12-28)21-22(23(20)26)25(30)18-6-4-3-5-17(18)24(21)29/h3-10,14,27-28H,2,11-13,26H2,1H3. The molecule has 0 fully saturated rings. The fraction of sp³-hybridized carbons (Fsp3) is 0.200. The van der Waals surface area contributed by atoms with E-state index in [1.807, 2.05) is 30.3 Å². The quantitative estimate of drug-likeness (QED) is 0.286. The first kappa shape index (κ1) is 21.2. The Labute approximate surface area is 185 Å². The molecule has 0 amide bonds. The zero-order valence-electron chi connectivity index (χ0n) is 17.3. The van der Waals surface area contributed by atoms with Crippen molar-refractivity contribution in [1.29, 1.82) is 0 Å². The molecule has 0 saturated heterocycles. The molecule has 3 aromatic rings. The molecule has 0 aliphatic heterocycles. The Hall–Kier alpha value is -3.09. The molecule has 0 unspecified atom stereocenters. The molecule has 1 aliphatic carbocycles. The lowest BCUT2D eigenvalue weighted by atomic mass is 9.82. The van der Waals surface area contributed by atoms with Crippen LogP contribution in [0.25, 0.3) is 0 Å². The second-order valence-electron chi connectivity index (χ2n) is 7.43. The van der Waals surface area contributed by atoms with Gasteiger partial charge in [0, 0.05) is 28.3 Å². The Balaban J connectivity index is 1.84. The molecular weight excluding hydrogens is 408 g/mol. The van der Waals surface area contributed by atoms with Crippen molar-refractivity contribution in [2.24, 2.45) is 0 Å². The van der Waals surface area contributed by atoms with Crippen molar-refractivity contribution in [3.05, 3.63) is 82.4 Å². The summed E-state index contributed by atoms with van der Waals surface area (Å²) in [6, 6.07) is 16.4. The van der Waals surface area contributed by atoms with Crippen molar-refractivity contribution in [2.75, 3.05) is 23.4 Å². The molecule has 0 radical (unpaired) electrons. The third-order valence-corrected chi connectivity index (χ3v) is 6.56. The average Bonchev–Trinajstić information content (AvgIpc) is 2.79. The Morgan fingerprint density at radius 3 is 2.23 bits per heavy atom. The summed E-state index contributed by atoms with van der Waals surface area (Å²) in [6.45, 7) is 2.17. The zero-order valence-corrected chi connectivity index (χ0v) is 18.1. The van der Waals surface area contributed by atoms with Crippen molar-refractivity contribution in [1.82, 2.24) is 0 Å². The number of ketones is 2. The maximum Gasteiger partial charge on any atom is 0.196 e. The monoisotopic (exact) mass is 432 g/mol. The lowest BCUT2D eigenvalue weighted by Crippen LogP contribution is -2.24. The van der Waals surface area contributed by atoms with E-state index in [1.165, 1.54) is 0 Å². The molecule has 0 heterocycles. The lowest BCUT2D eigenvalue weighted by Gasteiger charge is -2.24. The number of hydrogen-bond donors (Lipinski definition) is 3. The topological polar surface area (TPSA) is 92.4 Å². The van der Waals surface area contributed by atoms with Gasteiger partial charge in [-0.05, 0) is 42.4 Å². The molecular formula is C25H24N2O3S. The number of anilines is 3. The number of aliphatic hydroxyl groups excluding tert-OH is 1. The van der Waals surface area contributed by atoms with Crippen LogP contribution in [0.5, 0.6) is 0 Å². The van der Waals surface area contributed by atoms with Gasteiger partial charge in [0.15, 0.2) is 11.6 Å². The van der Waals surface area contributed by atoms with E-state index < -0.39 is 0 Å². The van der Waals surface area contributed by atoms with Gasteiger partial charge in [-0.1, -0.05) is 43.3 Å². The van der Waals surface area contributed by atoms with E-state index in [0.717, 1.165) is 28.3 Å². The molecule has 0 atom stereocenters. The minimum atomic E-state index is -0.219. The molecule has 6 heteroatoms. The molecule has 1 aliphatic rings. The molecule has 4 rings (SSSR count). The van der Waals surface area contributed by atoms with E-state index in [1.54, 1.807) is 36.0 Å². The number of rotatable bonds is 7. The zero-order chi connectivity index (χ0) is 22.0. The predicted octanol–water partition coefficient (Wildman–Crippen LogP) is 4.82. The third-order valence-electron chi connectivity index (χ3n) is 5.30. The maximum atomic E-state index is 13.4. The van der Waals surface area contributed by atoms with Crippen LogP contribution in [0.4, 0.5) is 17.1 Å². The predicted molar refractivity (Wildman–Crippen MR) is 126 cm³/mol. The minimum Gasteiger partial charge on any atom is -0.397 e. The summed E-state index contributed by atoms with van der Waals surface area (Å²) < 4.78 is 0. The normalized spacial score (nSPS) is 12.5. The van der Waals surface area contributed by atoms with Crippen molar-refractivity contribution in [3.8, 4) is 0 Å². The van der Waals surface area contributed by atoms with Gasteiger partial charge in [-0.15, -0.1) is 11.8 Å². The van der Waals surface area contributed by atoms with Crippen LogP contribution in [0, 0.1) is 0 Å². The Morgan fingerprint density at radius 2 is 1.61 bits per heavy atom. The van der Waals surface area contributed by atoms with Crippen LogP contribution in [0.3, 0.4) is 0 Å². The molecule has 5 nitrogen and oxygen atoms in total. The van der Waals surface area contributed by atoms with Crippen molar-refractivity contribution < 1.29 is 14.7 Å². The molecule has 31 heavy (non-hydrogen) atoms. The summed E-state index contributed by atoms with van der Waals surface area (Å²) in [5, 5.41) is 12.4. The maximum absolute atomic E-state index is 13.4. The van der Waals surface area contributed by atoms with Crippen LogP contribution in [-0.2, 0) is 6.42 Å². The van der Waals surface area contributed by atoms with E-state index >= 15 is 0 Å². The number of benzene rings is 3. The summed E-state index contributed by atoms with van der Waals surface area (Å²) in [7, 11) is 0. The summed E-state index contributed by atoms with van der Waals surface area (Å²) in [5.41, 5.74) is 10.6. The highest BCUT2D eigenvalue weighted by atomic mass is 32.2. The van der Waals surface area contributed by atoms with Gasteiger partial charge in [0.1, 0.15) is 0 Å². The smallest absolute Gasteiger partial charge is 0.196 e. The highest BCUT2D eigenvalue weighted by Crippen LogP contribution is 2.41. The van der Waals surface area contributed by atoms with Gasteiger partial charge in [-0.3, -0.25) is 9.59 Å². The molecule has 158 valence electrons. The fourth-order valence-corrected chi connectivity index (χ4v) is 4.65. The fourth-order valence-electron chi connectivity index (χ4n) is 3.76. The number of carbonyl (C=O) groups is 2. The van der Waals surface area contributed by atoms with Crippen LogP contribution in [0.1, 0.15) is 50.8 Å². The molecule has 3 aromatic carbocycles. The molecule has 0 aromatic heterocycles. The van der Waals surface area contributed by atoms with Gasteiger partial charge in [0.05, 0.1) is 22.5 Å². The van der Waals surface area contributed by atoms with Crippen LogP contribution in [0.15, 0.2) is 59.5 Å². The third kappa shape index (κ3) is 3.96. The van der Waals surface area contributed by atoms with E-state index in [4.69, 9.17) is 10.8 Å². The minimum absolute atomic E-state index is 0.0896. The molecule has 0 bridgehead atoms. The number of aliphatic hydroxyl groups is 1. The first-order chi connectivity index (χ1) is 15.0. The van der Waals surface area contributed by atoms with Crippen LogP contribution in [-0.4, -0.2) is 29.0 Å². The van der Waals surface area contributed by atoms with Crippen molar-refractivity contribution in [2.45, 2.75) is 24.7 Å². The van der Waals surface area contributed by atoms with E-state index in [-0.39, 0.29) is 23.7 Å². The summed E-state index contributed by atoms with van der Waals surface area (Å²) in [4.78, 5) is 27.5. The Morgan fingerprint density at radius 1 is 0.968 bits per heavy atom. The number of hydrogen-bond acceptors (Lipinski definition) is 6. The highest BCUT2D eigenvalue weighted by molar-refractivity contribution is 7.99. The van der Waals surface area contributed by atoms with E-state index in [9.17, 15) is 9.59 Å². The second-order valence-corrected chi connectivity index (χ2v) is 8.57. The largest absolute Gasteiger partial charge is 0.397 e. The van der Waals surface area contributed by atoms with E-state index in [0.29, 0.717) is 34.5 Å². The highest BCUT2D eigenvalue weighted by Gasteiger charge is 2.34. The van der Waals surface area contributed by atoms with Gasteiger partial charge in [-0.2, -0.15) is 0 Å². The number of fused-ring (bicyclic) bond motifs is 2. The Bertz CT molecular complexity index is 1160. The van der Waals surface area contributed by atoms with Crippen LogP contribution >= 0.6 is 11.8 Å². The SMILES string of the molecule is CCCSc1cc(Nc2ccc(CCO)cc2)c2c(c1N)C(=O)c1ccccc1C2=O. The summed E-state index contributed by atoms with van der Waals surface area (Å²) in [5.74, 6) is 0.433. The number of thioether (sulfide) groups is 1. The van der Waals surface area contributed by atoms with Crippen molar-refractivity contribution >= 4 is 40.4 Å². The van der Waals surface area contributed by atoms with Crippen LogP contribution in [0.2, 0.25) is 0 Å². The van der Waals surface area contributed by atoms with Gasteiger partial charge in [-0.25, -0.2) is 0 Å². The first-order valence-electron chi connectivity index (χ1n) is 10.3. The van der Waals surface area contributed by atoms with Crippen LogP contribution < -0.4 is 11.1 Å². The van der Waals surface area contributed by atoms with E-state index in [2.05, 4.69) is 12.2 Å². The summed E-state index contributed by atoms with van der Waals surface area (Å²) >= 11 is 1.58. The van der Waals surface area contributed by atoms with Crippen molar-refractivity contribution in [3.63, 3.8) is 0 Å². The average molecular weight is 433 g/mol. The second kappa shape index (κ2) is 8.96. The summed E-state index contributed by atoms with van der Waals surface area (Å²) in [6.07, 6.45) is 1.55. The molecule has 0 spiro atoms. The van der Waals surface area contributed by atoms with Gasteiger partial charge in [0.25, 0.3) is 0 Å².